The van der Waals surface area contributed by atoms with Gasteiger partial charge in [-0.05, 0) is 163 Å². The van der Waals surface area contributed by atoms with E-state index in [0.717, 1.165) is 87.5 Å². The minimum Gasteiger partial charge on any atom is -0.493 e. The molecular weight excluding hydrogens is 1700 g/mol. The number of ether oxygens (including phenoxy) is 4. The quantitative estimate of drug-likeness (QED) is 0.0179. The number of hydrogen-bond donors (Lipinski definition) is 4. The van der Waals surface area contributed by atoms with Crippen LogP contribution in [-0.4, -0.2) is 169 Å². The van der Waals surface area contributed by atoms with E-state index >= 15 is 0 Å². The largest absolute Gasteiger partial charge is 0.493 e. The maximum atomic E-state index is 12.9. The highest BCUT2D eigenvalue weighted by Gasteiger charge is 2.59. The Morgan fingerprint density at radius 3 is 1.63 bits per heavy atom. The van der Waals surface area contributed by atoms with Crippen LogP contribution in [0.4, 0.5) is 17.3 Å². The fourth-order valence-electron chi connectivity index (χ4n) is 15.5. The Hall–Kier alpha value is -12.9. The van der Waals surface area contributed by atoms with Crippen molar-refractivity contribution in [3.05, 3.63) is 257 Å². The molecule has 2 amide bonds. The average molecular weight is 1790 g/mol. The van der Waals surface area contributed by atoms with Gasteiger partial charge in [0.15, 0.2) is 15.8 Å². The first-order valence-corrected chi connectivity index (χ1v) is 44.0. The van der Waals surface area contributed by atoms with Gasteiger partial charge in [-0.2, -0.15) is 5.10 Å². The van der Waals surface area contributed by atoms with Gasteiger partial charge >= 0.3 is 16.9 Å². The van der Waals surface area contributed by atoms with Crippen LogP contribution in [0.15, 0.2) is 208 Å². The van der Waals surface area contributed by atoms with E-state index in [9.17, 15) is 48.9 Å². The highest BCUT2D eigenvalue weighted by molar-refractivity contribution is 8.00. The van der Waals surface area contributed by atoms with Crippen molar-refractivity contribution in [1.82, 2.24) is 44.6 Å². The van der Waals surface area contributed by atoms with Crippen molar-refractivity contribution in [2.45, 2.75) is 116 Å². The summed E-state index contributed by atoms with van der Waals surface area (Å²) in [6, 6.07) is 47.2. The number of aliphatic hydroxyl groups excluding tert-OH is 4. The molecule has 0 atom stereocenters. The number of fused-ring (bicyclic) bond motifs is 4. The Labute approximate surface area is 749 Å². The molecule has 128 heavy (non-hydrogen) atoms. The highest BCUT2D eigenvalue weighted by Crippen LogP contribution is 2.46. The fraction of sp³-hybridized carbons (Fsp3) is 0.305. The van der Waals surface area contributed by atoms with Crippen molar-refractivity contribution in [2.24, 2.45) is 5.41 Å². The minimum absolute atomic E-state index is 0.0741. The number of para-hydroxylation sites is 2. The zero-order valence-electron chi connectivity index (χ0n) is 71.9. The summed E-state index contributed by atoms with van der Waals surface area (Å²) < 4.78 is 40.7. The van der Waals surface area contributed by atoms with Crippen molar-refractivity contribution >= 4 is 119 Å². The number of piperazine rings is 1. The number of thioether (sulfide) groups is 1. The maximum absolute atomic E-state index is 12.9. The second-order valence-corrected chi connectivity index (χ2v) is 32.6. The number of aromatic nitrogens is 8. The van der Waals surface area contributed by atoms with Crippen LogP contribution in [0.1, 0.15) is 109 Å². The molecule has 0 bridgehead atoms. The predicted molar refractivity (Wildman–Crippen MR) is 491 cm³/mol. The van der Waals surface area contributed by atoms with Crippen molar-refractivity contribution < 1.29 is 71.8 Å². The van der Waals surface area contributed by atoms with Crippen LogP contribution < -0.4 is 45.8 Å². The number of methoxy groups -OCH3 is 3. The number of aryl methyl sites for hydroxylation is 3. The van der Waals surface area contributed by atoms with Crippen LogP contribution in [0.25, 0.3) is 77.3 Å². The topological polar surface area (TPSA) is 385 Å². The van der Waals surface area contributed by atoms with Crippen LogP contribution in [0.2, 0.25) is 5.02 Å². The van der Waals surface area contributed by atoms with Crippen molar-refractivity contribution in [3.8, 4) is 51.6 Å². The standard InChI is InChI=1S/C23H28N4O4.C22H23N3O5.C21H20N2O2S2.C15H10ClNO3.C14H16N2O4/c1-2-17-13-16(15-29)14-19-20(17)23(30)31-22(25-19)18-5-3-6-24-21(18)27-10-8-26(9-11-27)7-4-12-28;1-2-15-10-14(12-26)11-18-19(15)22(28)30-21(24-18)17-4-3-7-23-20(17)25-8-5-16(6-9-25)29-13-27;1-3-21(4-2)18(24)23(19(21)25)16-11-7-5-9-14(16)13-26-20-22-15-10-6-8-12-17(15)27-20;16-11-6-3-7-12-13(11)15(19)20-14(17-12)10-5-2-1-4-9(10)8-18;1-9-5-6-16(15-9)14(17)10-7-11(18-2)13(20-4)12(8-10)19-3/h3,5-6,13-14,28-29H,2,4,7-12,15H2,1H3;3-4,7,10-11,13,16,26H,2,5-6,8-9,12H2,1H3;5-12H,3-4,13H2,1-2H3;1-7,18H,8H2;5-8H,1-4H3. The summed E-state index contributed by atoms with van der Waals surface area (Å²) >= 11 is 9.28. The number of thiazole rings is 1. The van der Waals surface area contributed by atoms with Gasteiger partial charge in [0, 0.05) is 101 Å². The number of nitrogens with zero attached hydrogens (tertiary/aromatic N) is 12. The zero-order chi connectivity index (χ0) is 90.7. The number of carbonyl (C=O) groups is 4. The first-order valence-electron chi connectivity index (χ1n) is 41.8. The van der Waals surface area contributed by atoms with Gasteiger partial charge in [0.2, 0.25) is 35.2 Å². The molecule has 0 saturated carbocycles. The Balaban J connectivity index is 0.000000138. The Morgan fingerprint density at radius 2 is 1.10 bits per heavy atom. The zero-order valence-corrected chi connectivity index (χ0v) is 74.3. The lowest BCUT2D eigenvalue weighted by Gasteiger charge is -2.46. The summed E-state index contributed by atoms with van der Waals surface area (Å²) in [6.45, 7) is 15.4. The molecule has 3 fully saturated rings. The third-order valence-electron chi connectivity index (χ3n) is 22.4. The molecule has 0 unspecified atom stereocenters. The number of β-lactam (4-membered cyclic amide) rings is 2. The van der Waals surface area contributed by atoms with Crippen molar-refractivity contribution in [2.75, 3.05) is 88.4 Å². The monoisotopic (exact) mass is 1790 g/mol. The van der Waals surface area contributed by atoms with E-state index in [-0.39, 0.29) is 73.3 Å². The number of hydrogen-bond acceptors (Lipinski definition) is 30. The number of pyridine rings is 2. The van der Waals surface area contributed by atoms with Gasteiger partial charge in [0.1, 0.15) is 28.5 Å². The lowest BCUT2D eigenvalue weighted by Crippen LogP contribution is -2.66. The number of aliphatic hydroxyl groups is 4. The number of anilines is 3. The summed E-state index contributed by atoms with van der Waals surface area (Å²) in [5, 5.41) is 43.1. The molecule has 17 rings (SSSR count). The molecule has 33 heteroatoms. The third kappa shape index (κ3) is 20.5. The molecule has 0 spiro atoms. The van der Waals surface area contributed by atoms with Crippen molar-refractivity contribution in [1.29, 1.82) is 0 Å². The number of benzene rings is 7. The van der Waals surface area contributed by atoms with E-state index in [2.05, 4.69) is 55.8 Å². The number of imide groups is 1. The molecule has 3 saturated heterocycles. The molecule has 0 radical (unpaired) electrons. The number of amides is 2. The second-order valence-electron chi connectivity index (χ2n) is 30.0. The SMILES string of the molecule is CCC1(CC)C(=O)N(c2ccccc2CSc2nc3ccccc3s2)C1=O.CCc1cc(CO)cc2nc(-c3cccnc3N3CCC(OC=O)CC3)oc(=O)c12.CCc1cc(CO)cc2nc(-c3cccnc3N3CCN(CCCO)CC3)oc(=O)c12.COc1cc(C(=O)n2ccc(C)n2)cc(OC)c1OC.O=c1oc(-c2ccccc2CO)nc2cccc(Cl)c12. The van der Waals surface area contributed by atoms with Gasteiger partial charge in [-0.25, -0.2) is 53.9 Å². The average Bonchev–Trinajstić information content (AvgIpc) is 0.900. The highest BCUT2D eigenvalue weighted by atomic mass is 35.5. The van der Waals surface area contributed by atoms with E-state index in [1.807, 2.05) is 107 Å². The van der Waals surface area contributed by atoms with E-state index in [1.165, 1.54) is 30.9 Å². The Kier molecular flexibility index (Phi) is 31.2. The predicted octanol–water partition coefficient (Wildman–Crippen LogP) is 14.4. The summed E-state index contributed by atoms with van der Waals surface area (Å²) in [6.07, 6.45) is 9.50. The molecule has 0 aliphatic carbocycles. The molecular formula is C95H97ClN12O18S2. The molecule has 14 aromatic rings. The third-order valence-corrected chi connectivity index (χ3v) is 24.9. The van der Waals surface area contributed by atoms with Crippen LogP contribution in [0, 0.1) is 12.3 Å². The van der Waals surface area contributed by atoms with Gasteiger partial charge in [-0.3, -0.25) is 24.1 Å². The van der Waals surface area contributed by atoms with E-state index in [0.29, 0.717) is 158 Å². The van der Waals surface area contributed by atoms with E-state index < -0.39 is 22.3 Å². The van der Waals surface area contributed by atoms with E-state index in [4.69, 9.17) is 48.9 Å². The minimum atomic E-state index is -0.826. The Morgan fingerprint density at radius 1 is 0.570 bits per heavy atom. The molecule has 3 aliphatic rings. The molecule has 4 N–H and O–H groups in total. The lowest BCUT2D eigenvalue weighted by atomic mass is 9.72. The van der Waals surface area contributed by atoms with Gasteiger partial charge < -0.3 is 62.4 Å². The molecule has 7 aromatic heterocycles. The molecule has 30 nitrogen and oxygen atoms in total. The fourth-order valence-corrected chi connectivity index (χ4v) is 17.8. The van der Waals surface area contributed by atoms with Gasteiger partial charge in [0.25, 0.3) is 12.4 Å². The number of carbonyl (C=O) groups excluding carboxylic acids is 4. The smallest absolute Gasteiger partial charge is 0.348 e. The maximum Gasteiger partial charge on any atom is 0.348 e. The number of rotatable bonds is 25. The van der Waals surface area contributed by atoms with Gasteiger partial charge in [-0.1, -0.05) is 118 Å². The number of piperidine rings is 1. The van der Waals surface area contributed by atoms with Gasteiger partial charge in [0.05, 0.1) is 106 Å². The number of halogens is 1. The second kappa shape index (κ2) is 43.0. The molecule has 664 valence electrons. The first-order chi connectivity index (χ1) is 62.2. The molecule has 3 aliphatic heterocycles. The Bertz CT molecular complexity index is 6440. The van der Waals surface area contributed by atoms with Crippen LogP contribution >= 0.6 is 34.7 Å². The van der Waals surface area contributed by atoms with Crippen LogP contribution in [0.5, 0.6) is 17.2 Å². The van der Waals surface area contributed by atoms with Crippen LogP contribution in [-0.2, 0) is 57.5 Å². The molecule has 10 heterocycles. The normalized spacial score (nSPS) is 13.8. The molecule has 7 aromatic carbocycles. The summed E-state index contributed by atoms with van der Waals surface area (Å²) in [5.74, 6) is 3.58. The van der Waals surface area contributed by atoms with Gasteiger partial charge in [-0.15, -0.1) is 11.3 Å². The lowest BCUT2D eigenvalue weighted by molar-refractivity contribution is -0.153. The van der Waals surface area contributed by atoms with Crippen molar-refractivity contribution in [3.63, 3.8) is 0 Å². The first kappa shape index (κ1) is 92.7. The summed E-state index contributed by atoms with van der Waals surface area (Å²) in [4.78, 5) is 121. The van der Waals surface area contributed by atoms with E-state index in [1.54, 1.807) is 121 Å². The summed E-state index contributed by atoms with van der Waals surface area (Å²) in [5.41, 5.74) is 8.68. The summed E-state index contributed by atoms with van der Waals surface area (Å²) in [7, 11) is 4.52. The van der Waals surface area contributed by atoms with Crippen LogP contribution in [0.3, 0.4) is 0 Å².